The fourth-order valence-corrected chi connectivity index (χ4v) is 3.11. The normalized spacial score (nSPS) is 11.8. The van der Waals surface area contributed by atoms with Gasteiger partial charge in [-0.1, -0.05) is 18.2 Å². The first kappa shape index (κ1) is 23.2. The summed E-state index contributed by atoms with van der Waals surface area (Å²) in [4.78, 5) is 24.9. The number of carbonyl (C=O) groups excluding carboxylic acids is 2. The summed E-state index contributed by atoms with van der Waals surface area (Å²) >= 11 is 0. The van der Waals surface area contributed by atoms with Crippen molar-refractivity contribution in [2.24, 2.45) is 0 Å². The van der Waals surface area contributed by atoms with Crippen LogP contribution in [0.5, 0.6) is 5.88 Å². The van der Waals surface area contributed by atoms with Gasteiger partial charge < -0.3 is 13.7 Å². The number of aromatic nitrogens is 1. The number of hydrogen-bond donors (Lipinski definition) is 0. The van der Waals surface area contributed by atoms with Gasteiger partial charge in [-0.15, -0.1) is 0 Å². The molecule has 0 amide bonds. The Morgan fingerprint density at radius 3 is 2.27 bits per heavy atom. The van der Waals surface area contributed by atoms with Crippen molar-refractivity contribution in [3.63, 3.8) is 0 Å². The van der Waals surface area contributed by atoms with Crippen molar-refractivity contribution in [3.8, 4) is 5.88 Å². The Morgan fingerprint density at radius 2 is 1.77 bits per heavy atom. The Morgan fingerprint density at radius 1 is 1.17 bits per heavy atom. The minimum absolute atomic E-state index is 0.0402. The summed E-state index contributed by atoms with van der Waals surface area (Å²) in [6.07, 6.45) is -1.20. The van der Waals surface area contributed by atoms with Gasteiger partial charge in [0.25, 0.3) is 5.71 Å². The number of ether oxygens (including phenoxy) is 2. The lowest BCUT2D eigenvalue weighted by Crippen LogP contribution is -2.32. The Balaban J connectivity index is 3.04. The molecule has 0 N–H and O–H groups in total. The molecule has 9 nitrogen and oxygen atoms in total. The van der Waals surface area contributed by atoms with E-state index in [4.69, 9.17) is 4.74 Å². The van der Waals surface area contributed by atoms with Crippen LogP contribution in [0.15, 0.2) is 24.3 Å². The molecule has 2 rings (SSSR count). The molecule has 0 bridgehead atoms. The van der Waals surface area contributed by atoms with Crippen LogP contribution in [-0.4, -0.2) is 68.7 Å². The third-order valence-electron chi connectivity index (χ3n) is 3.82. The van der Waals surface area contributed by atoms with Crippen LogP contribution in [0.25, 0.3) is 10.9 Å². The highest BCUT2D eigenvalue weighted by Crippen LogP contribution is 2.36. The lowest BCUT2D eigenvalue weighted by molar-refractivity contribution is -0.463. The van der Waals surface area contributed by atoms with Crippen LogP contribution in [0.3, 0.4) is 0 Å². The van der Waals surface area contributed by atoms with E-state index in [1.807, 2.05) is 0 Å². The topological polar surface area (TPSA) is 104 Å². The number of fused-ring (bicyclic) bond motifs is 1. The molecule has 0 saturated carbocycles. The first-order valence-corrected chi connectivity index (χ1v) is 9.72. The van der Waals surface area contributed by atoms with Crippen LogP contribution in [0, 0.1) is 0 Å². The second kappa shape index (κ2) is 8.34. The van der Waals surface area contributed by atoms with E-state index < -0.39 is 33.6 Å². The number of para-hydroxylation sites is 1. The third-order valence-corrected chi connectivity index (χ3v) is 4.76. The van der Waals surface area contributed by atoms with Gasteiger partial charge in [-0.2, -0.15) is 21.6 Å². The van der Waals surface area contributed by atoms with E-state index in [9.17, 15) is 31.2 Å². The van der Waals surface area contributed by atoms with Crippen molar-refractivity contribution in [1.82, 2.24) is 4.57 Å². The number of rotatable bonds is 5. The van der Waals surface area contributed by atoms with Gasteiger partial charge in [0.15, 0.2) is 0 Å². The average molecular weight is 451 g/mol. The molecule has 2 aromatic rings. The lowest BCUT2D eigenvalue weighted by atomic mass is 10.1. The van der Waals surface area contributed by atoms with E-state index >= 15 is 0 Å². The van der Waals surface area contributed by atoms with Crippen molar-refractivity contribution in [1.29, 1.82) is 0 Å². The Hall–Kier alpha value is -3.09. The zero-order valence-electron chi connectivity index (χ0n) is 16.3. The van der Waals surface area contributed by atoms with Crippen molar-refractivity contribution in [3.05, 3.63) is 29.8 Å². The summed E-state index contributed by atoms with van der Waals surface area (Å²) in [5.74, 6) is -2.05. The summed E-state index contributed by atoms with van der Waals surface area (Å²) in [5, 5.41) is 0.0621. The number of benzene rings is 1. The number of halogens is 3. The number of esters is 1. The van der Waals surface area contributed by atoms with Crippen LogP contribution in [0.2, 0.25) is 0 Å². The number of hydrogen-bond acceptors (Lipinski definition) is 7. The maximum absolute atomic E-state index is 13.0. The van der Waals surface area contributed by atoms with Gasteiger partial charge in [-0.25, -0.2) is 18.7 Å². The van der Waals surface area contributed by atoms with Crippen molar-refractivity contribution in [2.45, 2.75) is 12.4 Å². The van der Waals surface area contributed by atoms with Crippen LogP contribution in [0.1, 0.15) is 12.5 Å². The van der Waals surface area contributed by atoms with Gasteiger partial charge >= 0.3 is 27.7 Å². The predicted octanol–water partition coefficient (Wildman–Crippen LogP) is 2.11. The van der Waals surface area contributed by atoms with E-state index in [-0.39, 0.29) is 28.8 Å². The minimum atomic E-state index is -6.20. The van der Waals surface area contributed by atoms with E-state index in [1.165, 1.54) is 49.9 Å². The van der Waals surface area contributed by atoms with Gasteiger partial charge in [0.1, 0.15) is 19.7 Å². The van der Waals surface area contributed by atoms with Gasteiger partial charge in [0.2, 0.25) is 5.88 Å². The van der Waals surface area contributed by atoms with Gasteiger partial charge in [-0.3, -0.25) is 0 Å². The zero-order valence-corrected chi connectivity index (χ0v) is 17.1. The van der Waals surface area contributed by atoms with Crippen LogP contribution < -0.4 is 4.18 Å². The summed E-state index contributed by atoms with van der Waals surface area (Å²) < 4.78 is 78.2. The summed E-state index contributed by atoms with van der Waals surface area (Å²) in [7, 11) is -2.41. The first-order chi connectivity index (χ1) is 13.9. The highest BCUT2D eigenvalue weighted by Gasteiger charge is 2.50. The minimum Gasteiger partial charge on any atom is -0.461 e. The Labute approximate surface area is 169 Å². The zero-order chi connectivity index (χ0) is 22.9. The largest absolute Gasteiger partial charge is 0.534 e. The van der Waals surface area contributed by atoms with Gasteiger partial charge in [0, 0.05) is 5.39 Å². The van der Waals surface area contributed by atoms with Gasteiger partial charge in [0.05, 0.1) is 19.2 Å². The Kier molecular flexibility index (Phi) is 6.45. The summed E-state index contributed by atoms with van der Waals surface area (Å²) in [6.45, 7) is 1.29. The van der Waals surface area contributed by atoms with Crippen molar-refractivity contribution >= 4 is 38.8 Å². The second-order valence-electron chi connectivity index (χ2n) is 5.95. The molecule has 0 unspecified atom stereocenters. The van der Waals surface area contributed by atoms with Crippen molar-refractivity contribution in [2.75, 3.05) is 27.8 Å². The van der Waals surface area contributed by atoms with Crippen molar-refractivity contribution < 1.29 is 49.4 Å². The Bertz CT molecular complexity index is 1130. The highest BCUT2D eigenvalue weighted by atomic mass is 32.2. The molecule has 0 aliphatic heterocycles. The maximum Gasteiger partial charge on any atom is 0.534 e. The SMILES string of the molecule is CCOC(=O)n1c(OS(=O)(=O)C(F)(F)F)c(C(C(=O)OC)=[N+](C)C)c2ccccc21. The monoisotopic (exact) mass is 451 g/mol. The molecule has 0 spiro atoms. The molecule has 0 radical (unpaired) electrons. The fraction of sp³-hybridized carbons (Fsp3) is 0.353. The summed E-state index contributed by atoms with van der Waals surface area (Å²) in [5.41, 5.74) is -6.56. The first-order valence-electron chi connectivity index (χ1n) is 8.31. The summed E-state index contributed by atoms with van der Waals surface area (Å²) in [6, 6.07) is 5.64. The molecule has 1 aromatic carbocycles. The van der Waals surface area contributed by atoms with Crippen LogP contribution in [-0.2, 0) is 24.4 Å². The fourth-order valence-electron chi connectivity index (χ4n) is 2.65. The molecule has 0 atom stereocenters. The standard InChI is InChI=1S/C17H18F3N2O7S/c1-5-28-16(24)22-11-9-7-6-8-10(11)12(13(21(2)3)15(23)27-4)14(22)29-30(25,26)17(18,19)20/h6-9H,5H2,1-4H3/q+1. The molecule has 0 aliphatic rings. The van der Waals surface area contributed by atoms with Crippen LogP contribution in [0.4, 0.5) is 18.0 Å². The predicted molar refractivity (Wildman–Crippen MR) is 98.2 cm³/mol. The molecule has 0 fully saturated rings. The average Bonchev–Trinajstić information content (AvgIpc) is 2.94. The van der Waals surface area contributed by atoms with E-state index in [1.54, 1.807) is 0 Å². The number of carbonyl (C=O) groups is 2. The molecular formula is C17H18F3N2O7S+. The molecule has 30 heavy (non-hydrogen) atoms. The van der Waals surface area contributed by atoms with E-state index in [2.05, 4.69) is 8.92 Å². The lowest BCUT2D eigenvalue weighted by Gasteiger charge is -2.13. The maximum atomic E-state index is 13.0. The molecule has 0 saturated heterocycles. The van der Waals surface area contributed by atoms with Crippen LogP contribution >= 0.6 is 0 Å². The molecule has 13 heteroatoms. The second-order valence-corrected chi connectivity index (χ2v) is 7.49. The number of nitrogens with zero attached hydrogens (tertiary/aromatic N) is 2. The highest BCUT2D eigenvalue weighted by molar-refractivity contribution is 7.88. The smallest absolute Gasteiger partial charge is 0.461 e. The number of alkyl halides is 3. The molecular weight excluding hydrogens is 433 g/mol. The molecule has 164 valence electrons. The molecule has 0 aliphatic carbocycles. The van der Waals surface area contributed by atoms with E-state index in [0.29, 0.717) is 4.57 Å². The third kappa shape index (κ3) is 4.10. The quantitative estimate of drug-likeness (QED) is 0.225. The number of methoxy groups -OCH3 is 1. The van der Waals surface area contributed by atoms with Gasteiger partial charge in [-0.05, 0) is 13.0 Å². The van der Waals surface area contributed by atoms with E-state index in [0.717, 1.165) is 7.11 Å². The molecule has 1 heterocycles. The molecule has 1 aromatic heterocycles.